The quantitative estimate of drug-likeness (QED) is 0.753. The number of nitrogens with zero attached hydrogens (tertiary/aromatic N) is 3. The Labute approximate surface area is 91.9 Å². The summed E-state index contributed by atoms with van der Waals surface area (Å²) in [7, 11) is 0. The molecule has 2 heterocycles. The molecule has 0 bridgehead atoms. The van der Waals surface area contributed by atoms with Gasteiger partial charge in [0.2, 0.25) is 0 Å². The fourth-order valence-electron chi connectivity index (χ4n) is 1.40. The lowest BCUT2D eigenvalue weighted by Gasteiger charge is -2.04. The summed E-state index contributed by atoms with van der Waals surface area (Å²) in [6.07, 6.45) is 3.17. The van der Waals surface area contributed by atoms with Gasteiger partial charge >= 0.3 is 0 Å². The van der Waals surface area contributed by atoms with E-state index in [1.807, 2.05) is 6.92 Å². The predicted octanol–water partition coefficient (Wildman–Crippen LogP) is 0.257. The molecule has 82 valence electrons. The molecule has 2 aromatic heterocycles. The SMILES string of the molecule is Cc1cc(N)cnc1-n1ccc(C(N)=O)n1. The van der Waals surface area contributed by atoms with E-state index in [9.17, 15) is 4.79 Å². The zero-order valence-corrected chi connectivity index (χ0v) is 8.71. The lowest BCUT2D eigenvalue weighted by molar-refractivity contribution is 0.0995. The van der Waals surface area contributed by atoms with Crippen LogP contribution >= 0.6 is 0 Å². The number of aromatic nitrogens is 3. The number of anilines is 1. The van der Waals surface area contributed by atoms with Crippen LogP contribution in [0.25, 0.3) is 5.82 Å². The number of nitrogen functional groups attached to an aromatic ring is 1. The lowest BCUT2D eigenvalue weighted by atomic mass is 10.3. The summed E-state index contributed by atoms with van der Waals surface area (Å²) >= 11 is 0. The average molecular weight is 217 g/mol. The van der Waals surface area contributed by atoms with Gasteiger partial charge in [0.05, 0.1) is 11.9 Å². The summed E-state index contributed by atoms with van der Waals surface area (Å²) in [4.78, 5) is 15.0. The van der Waals surface area contributed by atoms with Crippen molar-refractivity contribution in [2.45, 2.75) is 6.92 Å². The van der Waals surface area contributed by atoms with E-state index in [2.05, 4.69) is 10.1 Å². The van der Waals surface area contributed by atoms with Crippen LogP contribution in [0.2, 0.25) is 0 Å². The maximum atomic E-state index is 10.9. The number of hydrogen-bond donors (Lipinski definition) is 2. The standard InChI is InChI=1S/C10H11N5O/c1-6-4-7(11)5-13-10(6)15-3-2-8(14-15)9(12)16/h2-5H,11H2,1H3,(H2,12,16). The normalized spacial score (nSPS) is 10.3. The van der Waals surface area contributed by atoms with Gasteiger partial charge in [-0.25, -0.2) is 9.67 Å². The van der Waals surface area contributed by atoms with E-state index in [0.29, 0.717) is 11.5 Å². The van der Waals surface area contributed by atoms with Gasteiger partial charge in [-0.15, -0.1) is 0 Å². The van der Waals surface area contributed by atoms with Gasteiger partial charge in [-0.1, -0.05) is 0 Å². The number of nitrogens with two attached hydrogens (primary N) is 2. The summed E-state index contributed by atoms with van der Waals surface area (Å²) in [5, 5.41) is 4.01. The summed E-state index contributed by atoms with van der Waals surface area (Å²) in [6.45, 7) is 1.87. The number of carbonyl (C=O) groups excluding carboxylic acids is 1. The predicted molar refractivity (Wildman–Crippen MR) is 59.0 cm³/mol. The Morgan fingerprint density at radius 2 is 2.25 bits per heavy atom. The number of carbonyl (C=O) groups is 1. The smallest absolute Gasteiger partial charge is 0.269 e. The van der Waals surface area contributed by atoms with Gasteiger partial charge < -0.3 is 11.5 Å². The van der Waals surface area contributed by atoms with Crippen LogP contribution in [0.4, 0.5) is 5.69 Å². The molecule has 4 N–H and O–H groups in total. The molecule has 0 spiro atoms. The van der Waals surface area contributed by atoms with Crippen LogP contribution in [-0.2, 0) is 0 Å². The Kier molecular flexibility index (Phi) is 2.32. The molecule has 0 saturated carbocycles. The van der Waals surface area contributed by atoms with Crippen LogP contribution in [0.1, 0.15) is 16.1 Å². The first kappa shape index (κ1) is 10.2. The topological polar surface area (TPSA) is 99.8 Å². The molecule has 0 atom stereocenters. The molecule has 0 saturated heterocycles. The van der Waals surface area contributed by atoms with E-state index >= 15 is 0 Å². The minimum atomic E-state index is -0.563. The largest absolute Gasteiger partial charge is 0.397 e. The van der Waals surface area contributed by atoms with Gasteiger partial charge in [-0.05, 0) is 24.6 Å². The van der Waals surface area contributed by atoms with Crippen molar-refractivity contribution in [3.05, 3.63) is 35.8 Å². The Bertz CT molecular complexity index is 546. The van der Waals surface area contributed by atoms with Crippen LogP contribution in [0.3, 0.4) is 0 Å². The Morgan fingerprint density at radius 1 is 1.50 bits per heavy atom. The molecule has 1 amide bonds. The molecular weight excluding hydrogens is 206 g/mol. The highest BCUT2D eigenvalue weighted by Gasteiger charge is 2.08. The Balaban J connectivity index is 2.46. The third kappa shape index (κ3) is 1.72. The van der Waals surface area contributed by atoms with E-state index in [-0.39, 0.29) is 5.69 Å². The number of aryl methyl sites for hydroxylation is 1. The number of primary amides is 1. The van der Waals surface area contributed by atoms with E-state index in [1.165, 1.54) is 10.9 Å². The lowest BCUT2D eigenvalue weighted by Crippen LogP contribution is -2.12. The van der Waals surface area contributed by atoms with E-state index in [4.69, 9.17) is 11.5 Å². The molecule has 0 aliphatic rings. The maximum Gasteiger partial charge on any atom is 0.269 e. The minimum Gasteiger partial charge on any atom is -0.397 e. The monoisotopic (exact) mass is 217 g/mol. The molecule has 0 fully saturated rings. The molecular formula is C10H11N5O. The van der Waals surface area contributed by atoms with Crippen molar-refractivity contribution in [3.63, 3.8) is 0 Å². The first-order valence-corrected chi connectivity index (χ1v) is 4.66. The second-order valence-corrected chi connectivity index (χ2v) is 3.42. The van der Waals surface area contributed by atoms with Crippen LogP contribution in [0.5, 0.6) is 0 Å². The van der Waals surface area contributed by atoms with Gasteiger partial charge in [0.15, 0.2) is 5.82 Å². The Hall–Kier alpha value is -2.37. The van der Waals surface area contributed by atoms with Crippen molar-refractivity contribution in [1.29, 1.82) is 0 Å². The van der Waals surface area contributed by atoms with Crippen molar-refractivity contribution >= 4 is 11.6 Å². The van der Waals surface area contributed by atoms with Crippen molar-refractivity contribution in [2.24, 2.45) is 5.73 Å². The van der Waals surface area contributed by atoms with Crippen molar-refractivity contribution in [1.82, 2.24) is 14.8 Å². The molecule has 16 heavy (non-hydrogen) atoms. The van der Waals surface area contributed by atoms with Gasteiger partial charge in [-0.2, -0.15) is 5.10 Å². The zero-order valence-electron chi connectivity index (χ0n) is 8.71. The van der Waals surface area contributed by atoms with Gasteiger partial charge in [-0.3, -0.25) is 4.79 Å². The highest BCUT2D eigenvalue weighted by atomic mass is 16.1. The minimum absolute atomic E-state index is 0.207. The fraction of sp³-hybridized carbons (Fsp3) is 0.100. The molecule has 0 radical (unpaired) electrons. The average Bonchev–Trinajstić information content (AvgIpc) is 2.66. The fourth-order valence-corrected chi connectivity index (χ4v) is 1.40. The van der Waals surface area contributed by atoms with Crippen LogP contribution in [0.15, 0.2) is 24.5 Å². The number of amides is 1. The second-order valence-electron chi connectivity index (χ2n) is 3.42. The highest BCUT2D eigenvalue weighted by molar-refractivity contribution is 5.90. The van der Waals surface area contributed by atoms with E-state index in [1.54, 1.807) is 18.3 Å². The molecule has 2 rings (SSSR count). The molecule has 6 nitrogen and oxygen atoms in total. The van der Waals surface area contributed by atoms with Crippen molar-refractivity contribution in [3.8, 4) is 5.82 Å². The summed E-state index contributed by atoms with van der Waals surface area (Å²) in [5.74, 6) is 0.0635. The Morgan fingerprint density at radius 3 is 2.81 bits per heavy atom. The van der Waals surface area contributed by atoms with Gasteiger partial charge in [0.25, 0.3) is 5.91 Å². The van der Waals surface area contributed by atoms with E-state index < -0.39 is 5.91 Å². The summed E-state index contributed by atoms with van der Waals surface area (Å²) in [6, 6.07) is 3.33. The molecule has 0 aromatic carbocycles. The summed E-state index contributed by atoms with van der Waals surface area (Å²) in [5.41, 5.74) is 12.4. The molecule has 6 heteroatoms. The van der Waals surface area contributed by atoms with Gasteiger partial charge in [0, 0.05) is 6.20 Å². The van der Waals surface area contributed by atoms with Crippen molar-refractivity contribution < 1.29 is 4.79 Å². The highest BCUT2D eigenvalue weighted by Crippen LogP contribution is 2.13. The third-order valence-corrected chi connectivity index (χ3v) is 2.13. The molecule has 2 aromatic rings. The molecule has 0 aliphatic heterocycles. The third-order valence-electron chi connectivity index (χ3n) is 2.13. The first-order chi connectivity index (χ1) is 7.58. The first-order valence-electron chi connectivity index (χ1n) is 4.66. The van der Waals surface area contributed by atoms with E-state index in [0.717, 1.165) is 5.56 Å². The molecule has 0 aliphatic carbocycles. The van der Waals surface area contributed by atoms with Crippen LogP contribution < -0.4 is 11.5 Å². The summed E-state index contributed by atoms with van der Waals surface area (Å²) < 4.78 is 1.49. The van der Waals surface area contributed by atoms with Crippen LogP contribution in [-0.4, -0.2) is 20.7 Å². The number of pyridine rings is 1. The number of rotatable bonds is 2. The molecule has 0 unspecified atom stereocenters. The zero-order chi connectivity index (χ0) is 11.7. The van der Waals surface area contributed by atoms with Crippen LogP contribution in [0, 0.1) is 6.92 Å². The number of hydrogen-bond acceptors (Lipinski definition) is 4. The second kappa shape index (κ2) is 3.65. The van der Waals surface area contributed by atoms with Crippen molar-refractivity contribution in [2.75, 3.05) is 5.73 Å². The van der Waals surface area contributed by atoms with Gasteiger partial charge in [0.1, 0.15) is 5.69 Å². The maximum absolute atomic E-state index is 10.9.